The Labute approximate surface area is 193 Å². The fourth-order valence-electron chi connectivity index (χ4n) is 3.51. The predicted molar refractivity (Wildman–Crippen MR) is 134 cm³/mol. The molecule has 0 fully saturated rings. The van der Waals surface area contributed by atoms with Crippen LogP contribution >= 0.6 is 11.8 Å². The van der Waals surface area contributed by atoms with Crippen molar-refractivity contribution in [3.8, 4) is 0 Å². The fourth-order valence-corrected chi connectivity index (χ4v) is 3.96. The maximum absolute atomic E-state index is 4.70. The third-order valence-corrected chi connectivity index (χ3v) is 5.86. The van der Waals surface area contributed by atoms with Crippen LogP contribution in [0.2, 0.25) is 0 Å². The van der Waals surface area contributed by atoms with E-state index < -0.39 is 0 Å². The van der Waals surface area contributed by atoms with E-state index in [1.165, 1.54) is 16.8 Å². The number of rotatable bonds is 9. The normalized spacial score (nSPS) is 11.2. The number of aromatic nitrogens is 3. The summed E-state index contributed by atoms with van der Waals surface area (Å²) in [5.74, 6) is 0.827. The largest absolute Gasteiger partial charge is 0.367 e. The molecule has 0 radical (unpaired) electrons. The number of benzene rings is 3. The van der Waals surface area contributed by atoms with Gasteiger partial charge in [-0.25, -0.2) is 0 Å². The first-order valence-electron chi connectivity index (χ1n) is 10.7. The van der Waals surface area contributed by atoms with Gasteiger partial charge in [-0.1, -0.05) is 84.6 Å². The molecule has 0 aliphatic rings. The van der Waals surface area contributed by atoms with Gasteiger partial charge in [0.2, 0.25) is 5.16 Å². The average molecular weight is 442 g/mol. The van der Waals surface area contributed by atoms with Crippen LogP contribution in [0, 0.1) is 0 Å². The van der Waals surface area contributed by atoms with E-state index in [4.69, 9.17) is 5.10 Å². The summed E-state index contributed by atoms with van der Waals surface area (Å²) >= 11 is 1.54. The van der Waals surface area contributed by atoms with Crippen LogP contribution in [0.3, 0.4) is 0 Å². The first-order valence-corrected chi connectivity index (χ1v) is 11.9. The molecule has 32 heavy (non-hydrogen) atoms. The van der Waals surface area contributed by atoms with E-state index in [-0.39, 0.29) is 0 Å². The molecular weight excluding hydrogens is 414 g/mol. The van der Waals surface area contributed by atoms with Crippen molar-refractivity contribution in [1.29, 1.82) is 0 Å². The molecule has 0 N–H and O–H groups in total. The molecule has 0 spiro atoms. The van der Waals surface area contributed by atoms with E-state index in [0.29, 0.717) is 6.42 Å². The van der Waals surface area contributed by atoms with Gasteiger partial charge in [-0.2, -0.15) is 9.78 Å². The summed E-state index contributed by atoms with van der Waals surface area (Å²) in [6.45, 7) is 4.02. The van der Waals surface area contributed by atoms with Gasteiger partial charge in [0, 0.05) is 25.2 Å². The number of hydrogen-bond acceptors (Lipinski definition) is 5. The lowest BCUT2D eigenvalue weighted by Gasteiger charge is -2.23. The van der Waals surface area contributed by atoms with Crippen molar-refractivity contribution in [3.63, 3.8) is 0 Å². The van der Waals surface area contributed by atoms with E-state index in [1.54, 1.807) is 11.8 Å². The molecule has 0 unspecified atom stereocenters. The topological polar surface area (TPSA) is 46.3 Å². The van der Waals surface area contributed by atoms with Crippen LogP contribution in [0.4, 0.5) is 5.69 Å². The van der Waals surface area contributed by atoms with Crippen LogP contribution in [0.15, 0.2) is 95.2 Å². The first kappa shape index (κ1) is 21.8. The van der Waals surface area contributed by atoms with Gasteiger partial charge in [-0.3, -0.25) is 0 Å². The van der Waals surface area contributed by atoms with Gasteiger partial charge in [0.1, 0.15) is 0 Å². The van der Waals surface area contributed by atoms with Crippen molar-refractivity contribution in [2.45, 2.75) is 25.0 Å². The standard InChI is InChI=1S/C26H27N5S/c1-3-30(20-23-12-8-5-9-13-23)24-16-14-22(15-17-24)19-27-31-25(28-29-26(31)32-2)18-21-10-6-4-7-11-21/h4-17,19H,3,18,20H2,1-2H3/b27-19-. The van der Waals surface area contributed by atoms with Crippen molar-refractivity contribution in [3.05, 3.63) is 107 Å². The van der Waals surface area contributed by atoms with E-state index in [2.05, 4.69) is 88.8 Å². The quantitative estimate of drug-likeness (QED) is 0.254. The second kappa shape index (κ2) is 10.8. The Kier molecular flexibility index (Phi) is 7.35. The first-order chi connectivity index (χ1) is 15.8. The zero-order valence-corrected chi connectivity index (χ0v) is 19.2. The lowest BCUT2D eigenvalue weighted by Crippen LogP contribution is -2.21. The third-order valence-electron chi connectivity index (χ3n) is 5.24. The van der Waals surface area contributed by atoms with Gasteiger partial charge in [0.25, 0.3) is 0 Å². The van der Waals surface area contributed by atoms with E-state index >= 15 is 0 Å². The molecule has 0 saturated carbocycles. The van der Waals surface area contributed by atoms with Crippen LogP contribution in [-0.2, 0) is 13.0 Å². The van der Waals surface area contributed by atoms with Crippen molar-refractivity contribution in [2.75, 3.05) is 17.7 Å². The van der Waals surface area contributed by atoms with Crippen LogP contribution in [-0.4, -0.2) is 33.9 Å². The Bertz CT molecular complexity index is 1140. The van der Waals surface area contributed by atoms with Crippen molar-refractivity contribution in [1.82, 2.24) is 14.9 Å². The third kappa shape index (κ3) is 5.45. The molecule has 0 amide bonds. The predicted octanol–water partition coefficient (Wildman–Crippen LogP) is 5.50. The van der Waals surface area contributed by atoms with Crippen LogP contribution < -0.4 is 4.90 Å². The second-order valence-electron chi connectivity index (χ2n) is 7.41. The molecule has 3 aromatic carbocycles. The number of anilines is 1. The molecule has 0 aliphatic carbocycles. The molecular formula is C26H27N5S. The van der Waals surface area contributed by atoms with Gasteiger partial charge in [0.05, 0.1) is 6.21 Å². The van der Waals surface area contributed by atoms with Gasteiger partial charge < -0.3 is 4.90 Å². The van der Waals surface area contributed by atoms with E-state index in [0.717, 1.165) is 29.6 Å². The highest BCUT2D eigenvalue weighted by molar-refractivity contribution is 7.98. The highest BCUT2D eigenvalue weighted by Gasteiger charge is 2.11. The molecule has 1 heterocycles. The zero-order valence-electron chi connectivity index (χ0n) is 18.4. The second-order valence-corrected chi connectivity index (χ2v) is 8.19. The van der Waals surface area contributed by atoms with Gasteiger partial charge in [0.15, 0.2) is 5.82 Å². The van der Waals surface area contributed by atoms with Gasteiger partial charge in [-0.15, -0.1) is 10.2 Å². The Morgan fingerprint density at radius 3 is 2.16 bits per heavy atom. The van der Waals surface area contributed by atoms with Crippen LogP contribution in [0.25, 0.3) is 0 Å². The highest BCUT2D eigenvalue weighted by Crippen LogP contribution is 2.19. The minimum Gasteiger partial charge on any atom is -0.367 e. The molecule has 6 heteroatoms. The summed E-state index contributed by atoms with van der Waals surface area (Å²) < 4.78 is 1.83. The SMILES string of the molecule is CCN(Cc1ccccc1)c1ccc(/C=N\n2c(Cc3ccccc3)nnc2SC)cc1. The minimum atomic E-state index is 0.690. The number of thioether (sulfide) groups is 1. The molecule has 162 valence electrons. The minimum absolute atomic E-state index is 0.690. The maximum Gasteiger partial charge on any atom is 0.211 e. The van der Waals surface area contributed by atoms with Gasteiger partial charge in [-0.05, 0) is 42.0 Å². The Morgan fingerprint density at radius 2 is 1.53 bits per heavy atom. The number of hydrogen-bond donors (Lipinski definition) is 0. The van der Waals surface area contributed by atoms with E-state index in [9.17, 15) is 0 Å². The summed E-state index contributed by atoms with van der Waals surface area (Å²) in [7, 11) is 0. The Hall–Kier alpha value is -3.38. The summed E-state index contributed by atoms with van der Waals surface area (Å²) in [5.41, 5.74) is 4.73. The summed E-state index contributed by atoms with van der Waals surface area (Å²) in [5, 5.41) is 14.1. The summed E-state index contributed by atoms with van der Waals surface area (Å²) in [6, 6.07) is 29.3. The molecule has 0 aliphatic heterocycles. The zero-order chi connectivity index (χ0) is 22.2. The summed E-state index contributed by atoms with van der Waals surface area (Å²) in [6.07, 6.45) is 4.55. The molecule has 0 bridgehead atoms. The fraction of sp³-hybridized carbons (Fsp3) is 0.192. The Morgan fingerprint density at radius 1 is 0.875 bits per heavy atom. The monoisotopic (exact) mass is 441 g/mol. The van der Waals surface area contributed by atoms with Crippen molar-refractivity contribution in [2.24, 2.45) is 5.10 Å². The lowest BCUT2D eigenvalue weighted by molar-refractivity contribution is 0.730. The molecule has 0 saturated heterocycles. The van der Waals surface area contributed by atoms with Crippen LogP contribution in [0.5, 0.6) is 0 Å². The number of nitrogens with zero attached hydrogens (tertiary/aromatic N) is 5. The van der Waals surface area contributed by atoms with Crippen LogP contribution in [0.1, 0.15) is 29.4 Å². The van der Waals surface area contributed by atoms with Crippen molar-refractivity contribution < 1.29 is 0 Å². The Balaban J connectivity index is 1.49. The highest BCUT2D eigenvalue weighted by atomic mass is 32.2. The molecule has 5 nitrogen and oxygen atoms in total. The maximum atomic E-state index is 4.70. The summed E-state index contributed by atoms with van der Waals surface area (Å²) in [4.78, 5) is 2.36. The van der Waals surface area contributed by atoms with Crippen molar-refractivity contribution >= 4 is 23.7 Å². The lowest BCUT2D eigenvalue weighted by atomic mass is 10.1. The van der Waals surface area contributed by atoms with E-state index in [1.807, 2.05) is 35.3 Å². The smallest absolute Gasteiger partial charge is 0.211 e. The molecule has 0 atom stereocenters. The average Bonchev–Trinajstić information content (AvgIpc) is 3.24. The molecule has 4 rings (SSSR count). The van der Waals surface area contributed by atoms with Gasteiger partial charge >= 0.3 is 0 Å². The molecule has 4 aromatic rings. The molecule has 1 aromatic heterocycles.